The number of amides is 2. The molecule has 1 N–H and O–H groups in total. The van der Waals surface area contributed by atoms with Crippen LogP contribution in [0.3, 0.4) is 0 Å². The van der Waals surface area contributed by atoms with Crippen molar-refractivity contribution in [2.24, 2.45) is 13.0 Å². The van der Waals surface area contributed by atoms with E-state index in [0.29, 0.717) is 19.5 Å². The predicted octanol–water partition coefficient (Wildman–Crippen LogP) is 1.27. The zero-order chi connectivity index (χ0) is 18.4. The Kier molecular flexibility index (Phi) is 4.23. The smallest absolute Gasteiger partial charge is 0.225 e. The average Bonchev–Trinajstić information content (AvgIpc) is 3.10. The Morgan fingerprint density at radius 3 is 2.62 bits per heavy atom. The van der Waals surface area contributed by atoms with E-state index in [2.05, 4.69) is 33.8 Å². The lowest BCUT2D eigenvalue weighted by Gasteiger charge is -2.42. The lowest BCUT2D eigenvalue weighted by molar-refractivity contribution is -0.132. The minimum Gasteiger partial charge on any atom is -0.350 e. The van der Waals surface area contributed by atoms with E-state index in [0.717, 1.165) is 18.8 Å². The van der Waals surface area contributed by atoms with Gasteiger partial charge < -0.3 is 19.7 Å². The highest BCUT2D eigenvalue weighted by Crippen LogP contribution is 2.26. The van der Waals surface area contributed by atoms with Crippen molar-refractivity contribution >= 4 is 22.7 Å². The molecule has 0 radical (unpaired) electrons. The number of aromatic nitrogens is 1. The summed E-state index contributed by atoms with van der Waals surface area (Å²) in [6.07, 6.45) is 0.333. The van der Waals surface area contributed by atoms with Crippen LogP contribution in [0.4, 0.5) is 0 Å². The van der Waals surface area contributed by atoms with Gasteiger partial charge in [-0.1, -0.05) is 18.2 Å². The zero-order valence-corrected chi connectivity index (χ0v) is 15.7. The summed E-state index contributed by atoms with van der Waals surface area (Å²) in [4.78, 5) is 29.0. The standard InChI is InChI=1S/C20H26N4O2/c1-13-16-6-4-5-7-17(16)23(3)18(13)9-21-20(26)14-8-19(25)24(10-14)15-11-22(2)12-15/h4-7,14-15H,8-12H2,1-3H3,(H,21,26). The third kappa shape index (κ3) is 2.78. The van der Waals surface area contributed by atoms with Gasteiger partial charge in [0.05, 0.1) is 18.5 Å². The summed E-state index contributed by atoms with van der Waals surface area (Å²) < 4.78 is 2.14. The number of benzene rings is 1. The van der Waals surface area contributed by atoms with Crippen LogP contribution in [0.25, 0.3) is 10.9 Å². The summed E-state index contributed by atoms with van der Waals surface area (Å²) in [6.45, 7) is 4.96. The highest BCUT2D eigenvalue weighted by Gasteiger charge is 2.41. The predicted molar refractivity (Wildman–Crippen MR) is 101 cm³/mol. The van der Waals surface area contributed by atoms with Crippen molar-refractivity contribution < 1.29 is 9.59 Å². The lowest BCUT2D eigenvalue weighted by atomic mass is 10.1. The van der Waals surface area contributed by atoms with Gasteiger partial charge in [-0.3, -0.25) is 9.59 Å². The molecule has 2 aromatic rings. The van der Waals surface area contributed by atoms with Gasteiger partial charge in [-0.05, 0) is 25.6 Å². The van der Waals surface area contributed by atoms with Crippen molar-refractivity contribution in [1.29, 1.82) is 0 Å². The Morgan fingerprint density at radius 2 is 1.92 bits per heavy atom. The van der Waals surface area contributed by atoms with E-state index in [-0.39, 0.29) is 23.8 Å². The van der Waals surface area contributed by atoms with Crippen LogP contribution in [0.2, 0.25) is 0 Å². The summed E-state index contributed by atoms with van der Waals surface area (Å²) in [5.74, 6) is -0.134. The van der Waals surface area contributed by atoms with E-state index < -0.39 is 0 Å². The molecule has 0 aliphatic carbocycles. The number of fused-ring (bicyclic) bond motifs is 1. The molecule has 1 aromatic carbocycles. The van der Waals surface area contributed by atoms with Crippen LogP contribution in [0.15, 0.2) is 24.3 Å². The molecular formula is C20H26N4O2. The first kappa shape index (κ1) is 17.1. The molecule has 4 rings (SSSR count). The van der Waals surface area contributed by atoms with Gasteiger partial charge in [-0.15, -0.1) is 0 Å². The molecule has 26 heavy (non-hydrogen) atoms. The fourth-order valence-corrected chi connectivity index (χ4v) is 4.33. The molecule has 2 saturated heterocycles. The Hall–Kier alpha value is -2.34. The van der Waals surface area contributed by atoms with E-state index in [1.165, 1.54) is 16.5 Å². The fraction of sp³-hybridized carbons (Fsp3) is 0.500. The van der Waals surface area contributed by atoms with Gasteiger partial charge in [0.15, 0.2) is 0 Å². The Labute approximate surface area is 153 Å². The second-order valence-electron chi connectivity index (χ2n) is 7.69. The van der Waals surface area contributed by atoms with Crippen LogP contribution >= 0.6 is 0 Å². The van der Waals surface area contributed by atoms with Crippen molar-refractivity contribution in [3.8, 4) is 0 Å². The van der Waals surface area contributed by atoms with Gasteiger partial charge in [-0.2, -0.15) is 0 Å². The topological polar surface area (TPSA) is 57.6 Å². The number of para-hydroxylation sites is 1. The van der Waals surface area contributed by atoms with Crippen molar-refractivity contribution in [2.45, 2.75) is 25.9 Å². The number of nitrogens with zero attached hydrogens (tertiary/aromatic N) is 3. The Balaban J connectivity index is 1.41. The molecule has 3 heterocycles. The number of likely N-dealkylation sites (N-methyl/N-ethyl adjacent to an activating group) is 1. The number of hydrogen-bond donors (Lipinski definition) is 1. The van der Waals surface area contributed by atoms with Gasteiger partial charge in [0, 0.05) is 49.7 Å². The number of carbonyl (C=O) groups is 2. The summed E-state index contributed by atoms with van der Waals surface area (Å²) >= 11 is 0. The van der Waals surface area contributed by atoms with Crippen LogP contribution in [0.5, 0.6) is 0 Å². The van der Waals surface area contributed by atoms with Crippen molar-refractivity contribution in [1.82, 2.24) is 19.7 Å². The second-order valence-corrected chi connectivity index (χ2v) is 7.69. The summed E-state index contributed by atoms with van der Waals surface area (Å²) in [7, 11) is 4.08. The molecule has 6 nitrogen and oxygen atoms in total. The highest BCUT2D eigenvalue weighted by molar-refractivity contribution is 5.90. The number of rotatable bonds is 4. The van der Waals surface area contributed by atoms with E-state index in [1.54, 1.807) is 0 Å². The van der Waals surface area contributed by atoms with Crippen molar-refractivity contribution in [3.63, 3.8) is 0 Å². The average molecular weight is 354 g/mol. The highest BCUT2D eigenvalue weighted by atomic mass is 16.2. The number of hydrogen-bond acceptors (Lipinski definition) is 3. The molecule has 1 aromatic heterocycles. The number of likely N-dealkylation sites (tertiary alicyclic amines) is 2. The molecular weight excluding hydrogens is 328 g/mol. The molecule has 2 amide bonds. The van der Waals surface area contributed by atoms with Crippen molar-refractivity contribution in [3.05, 3.63) is 35.5 Å². The van der Waals surface area contributed by atoms with Crippen LogP contribution < -0.4 is 5.32 Å². The molecule has 2 aliphatic heterocycles. The fourth-order valence-electron chi connectivity index (χ4n) is 4.33. The summed E-state index contributed by atoms with van der Waals surface area (Å²) in [6, 6.07) is 8.55. The summed E-state index contributed by atoms with van der Waals surface area (Å²) in [5.41, 5.74) is 3.48. The third-order valence-corrected chi connectivity index (χ3v) is 5.95. The monoisotopic (exact) mass is 354 g/mol. The molecule has 138 valence electrons. The molecule has 1 unspecified atom stereocenters. The van der Waals surface area contributed by atoms with Crippen LogP contribution in [0, 0.1) is 12.8 Å². The molecule has 2 fully saturated rings. The maximum absolute atomic E-state index is 12.6. The van der Waals surface area contributed by atoms with Gasteiger partial charge in [-0.25, -0.2) is 0 Å². The SMILES string of the molecule is Cc1c(CNC(=O)C2CC(=O)N(C3CN(C)C3)C2)n(C)c2ccccc12. The molecule has 1 atom stereocenters. The normalized spacial score (nSPS) is 21.4. The minimum absolute atomic E-state index is 0.0156. The number of nitrogens with one attached hydrogen (secondary N) is 1. The Morgan fingerprint density at radius 1 is 1.19 bits per heavy atom. The lowest BCUT2D eigenvalue weighted by Crippen LogP contribution is -2.58. The molecule has 6 heteroatoms. The second kappa shape index (κ2) is 6.43. The van der Waals surface area contributed by atoms with Crippen LogP contribution in [-0.4, -0.2) is 58.9 Å². The zero-order valence-electron chi connectivity index (χ0n) is 15.7. The third-order valence-electron chi connectivity index (χ3n) is 5.95. The largest absolute Gasteiger partial charge is 0.350 e. The molecule has 0 bridgehead atoms. The van der Waals surface area contributed by atoms with E-state index in [4.69, 9.17) is 0 Å². The van der Waals surface area contributed by atoms with E-state index >= 15 is 0 Å². The molecule has 0 saturated carbocycles. The van der Waals surface area contributed by atoms with E-state index in [1.807, 2.05) is 31.1 Å². The first-order valence-corrected chi connectivity index (χ1v) is 9.24. The summed E-state index contributed by atoms with van der Waals surface area (Å²) in [5, 5.41) is 4.28. The minimum atomic E-state index is -0.233. The quantitative estimate of drug-likeness (QED) is 0.899. The maximum Gasteiger partial charge on any atom is 0.225 e. The van der Waals surface area contributed by atoms with E-state index in [9.17, 15) is 9.59 Å². The number of carbonyl (C=O) groups excluding carboxylic acids is 2. The molecule has 2 aliphatic rings. The van der Waals surface area contributed by atoms with Gasteiger partial charge in [0.1, 0.15) is 0 Å². The van der Waals surface area contributed by atoms with Gasteiger partial charge >= 0.3 is 0 Å². The molecule has 0 spiro atoms. The Bertz CT molecular complexity index is 827. The first-order chi connectivity index (χ1) is 12.5. The van der Waals surface area contributed by atoms with Gasteiger partial charge in [0.2, 0.25) is 11.8 Å². The first-order valence-electron chi connectivity index (χ1n) is 9.24. The van der Waals surface area contributed by atoms with Gasteiger partial charge in [0.25, 0.3) is 0 Å². The van der Waals surface area contributed by atoms with Crippen LogP contribution in [-0.2, 0) is 23.2 Å². The van der Waals surface area contributed by atoms with Crippen LogP contribution in [0.1, 0.15) is 17.7 Å². The number of aryl methyl sites for hydroxylation is 2. The van der Waals surface area contributed by atoms with Crippen molar-refractivity contribution in [2.75, 3.05) is 26.7 Å². The maximum atomic E-state index is 12.6.